The topological polar surface area (TPSA) is 52.3 Å². The molecule has 0 spiro atoms. The van der Waals surface area contributed by atoms with Gasteiger partial charge in [0.1, 0.15) is 11.9 Å². The van der Waals surface area contributed by atoms with Crippen molar-refractivity contribution in [1.82, 2.24) is 0 Å². The maximum absolute atomic E-state index is 12.6. The molecule has 0 fully saturated rings. The highest BCUT2D eigenvalue weighted by molar-refractivity contribution is 5.77. The van der Waals surface area contributed by atoms with E-state index >= 15 is 0 Å². The molecule has 15 heavy (non-hydrogen) atoms. The molecule has 3 nitrogen and oxygen atoms in total. The first-order chi connectivity index (χ1) is 7.00. The second-order valence-corrected chi connectivity index (χ2v) is 3.51. The van der Waals surface area contributed by atoms with Crippen LogP contribution in [0.4, 0.5) is 4.39 Å². The third kappa shape index (κ3) is 3.32. The predicted molar refractivity (Wildman–Crippen MR) is 54.6 cm³/mol. The summed E-state index contributed by atoms with van der Waals surface area (Å²) in [6, 6.07) is 4.62. The number of carbonyl (C=O) groups is 1. The zero-order valence-corrected chi connectivity index (χ0v) is 8.74. The number of esters is 1. The van der Waals surface area contributed by atoms with Crippen molar-refractivity contribution in [3.63, 3.8) is 0 Å². The second-order valence-electron chi connectivity index (χ2n) is 3.51. The van der Waals surface area contributed by atoms with E-state index in [1.165, 1.54) is 24.3 Å². The van der Waals surface area contributed by atoms with Crippen molar-refractivity contribution in [3.8, 4) is 0 Å². The lowest BCUT2D eigenvalue weighted by Crippen LogP contribution is -2.26. The highest BCUT2D eigenvalue weighted by atomic mass is 19.1. The van der Waals surface area contributed by atoms with Gasteiger partial charge in [-0.05, 0) is 31.5 Å². The van der Waals surface area contributed by atoms with Crippen molar-refractivity contribution >= 4 is 5.97 Å². The minimum absolute atomic E-state index is 0.205. The zero-order chi connectivity index (χ0) is 11.4. The Balaban J connectivity index is 2.71. The monoisotopic (exact) mass is 211 g/mol. The van der Waals surface area contributed by atoms with Gasteiger partial charge in [0.2, 0.25) is 0 Å². The first-order valence-corrected chi connectivity index (χ1v) is 4.72. The fourth-order valence-corrected chi connectivity index (χ4v) is 1.11. The molecule has 0 aliphatic rings. The van der Waals surface area contributed by atoms with Gasteiger partial charge >= 0.3 is 5.97 Å². The van der Waals surface area contributed by atoms with Crippen LogP contribution in [0, 0.1) is 5.82 Å². The van der Waals surface area contributed by atoms with Gasteiger partial charge in [-0.3, -0.25) is 0 Å². The number of rotatable bonds is 3. The van der Waals surface area contributed by atoms with Gasteiger partial charge in [-0.15, -0.1) is 0 Å². The summed E-state index contributed by atoms with van der Waals surface area (Å²) in [5, 5.41) is 0. The van der Waals surface area contributed by atoms with Gasteiger partial charge in [0.05, 0.1) is 6.10 Å². The highest BCUT2D eigenvalue weighted by Crippen LogP contribution is 2.13. The normalized spacial score (nSPS) is 12.6. The molecule has 2 N–H and O–H groups in total. The standard InChI is InChI=1S/C11H14FNO2/c1-7(2)15-11(14)10(13)8-3-5-9(12)6-4-8/h3-7,10H,13H2,1-2H3. The van der Waals surface area contributed by atoms with Gasteiger partial charge in [-0.1, -0.05) is 12.1 Å². The number of carbonyl (C=O) groups excluding carboxylic acids is 1. The minimum Gasteiger partial charge on any atom is -0.462 e. The molecule has 0 aliphatic carbocycles. The molecule has 1 aromatic rings. The Morgan fingerprint density at radius 2 is 1.87 bits per heavy atom. The summed E-state index contributed by atoms with van der Waals surface area (Å²) in [5.74, 6) is -0.861. The average Bonchev–Trinajstić information content (AvgIpc) is 2.17. The average molecular weight is 211 g/mol. The molecule has 0 amide bonds. The van der Waals surface area contributed by atoms with Crippen LogP contribution in [0.25, 0.3) is 0 Å². The van der Waals surface area contributed by atoms with E-state index in [0.29, 0.717) is 5.56 Å². The largest absolute Gasteiger partial charge is 0.462 e. The van der Waals surface area contributed by atoms with Crippen LogP contribution in [-0.4, -0.2) is 12.1 Å². The van der Waals surface area contributed by atoms with Crippen LogP contribution < -0.4 is 5.73 Å². The van der Waals surface area contributed by atoms with Crippen LogP contribution in [0.3, 0.4) is 0 Å². The van der Waals surface area contributed by atoms with Crippen molar-refractivity contribution < 1.29 is 13.9 Å². The van der Waals surface area contributed by atoms with Gasteiger partial charge in [-0.2, -0.15) is 0 Å². The molecule has 0 radical (unpaired) electrons. The van der Waals surface area contributed by atoms with Crippen LogP contribution in [0.2, 0.25) is 0 Å². The Morgan fingerprint density at radius 1 is 1.33 bits per heavy atom. The van der Waals surface area contributed by atoms with Crippen molar-refractivity contribution in [1.29, 1.82) is 0 Å². The van der Waals surface area contributed by atoms with Gasteiger partial charge in [0.25, 0.3) is 0 Å². The SMILES string of the molecule is CC(C)OC(=O)C(N)c1ccc(F)cc1. The number of hydrogen-bond donors (Lipinski definition) is 1. The Hall–Kier alpha value is -1.42. The highest BCUT2D eigenvalue weighted by Gasteiger charge is 2.18. The van der Waals surface area contributed by atoms with Gasteiger partial charge in [0, 0.05) is 0 Å². The minimum atomic E-state index is -0.854. The summed E-state index contributed by atoms with van der Waals surface area (Å²) in [4.78, 5) is 11.4. The lowest BCUT2D eigenvalue weighted by atomic mass is 10.1. The Morgan fingerprint density at radius 3 is 2.33 bits per heavy atom. The first kappa shape index (κ1) is 11.7. The number of hydrogen-bond acceptors (Lipinski definition) is 3. The number of ether oxygens (including phenoxy) is 1. The third-order valence-corrected chi connectivity index (χ3v) is 1.83. The van der Waals surface area contributed by atoms with Gasteiger partial charge in [-0.25, -0.2) is 9.18 Å². The molecule has 0 saturated carbocycles. The molecule has 0 aliphatic heterocycles. The summed E-state index contributed by atoms with van der Waals surface area (Å²) < 4.78 is 17.5. The van der Waals surface area contributed by atoms with Crippen molar-refractivity contribution in [2.24, 2.45) is 5.73 Å². The third-order valence-electron chi connectivity index (χ3n) is 1.83. The van der Waals surface area contributed by atoms with Crippen LogP contribution >= 0.6 is 0 Å². The van der Waals surface area contributed by atoms with E-state index in [0.717, 1.165) is 0 Å². The van der Waals surface area contributed by atoms with Crippen molar-refractivity contribution in [2.45, 2.75) is 26.0 Å². The molecule has 0 aromatic heterocycles. The molecule has 0 heterocycles. The van der Waals surface area contributed by atoms with Crippen LogP contribution in [0.1, 0.15) is 25.5 Å². The summed E-state index contributed by atoms with van der Waals surface area (Å²) in [6.45, 7) is 3.49. The first-order valence-electron chi connectivity index (χ1n) is 4.72. The molecule has 4 heteroatoms. The number of benzene rings is 1. The lowest BCUT2D eigenvalue weighted by Gasteiger charge is -2.13. The molecule has 82 valence electrons. The summed E-state index contributed by atoms with van der Waals surface area (Å²) in [6.07, 6.45) is -0.205. The molecule has 0 bridgehead atoms. The van der Waals surface area contributed by atoms with Crippen LogP contribution in [0.5, 0.6) is 0 Å². The smallest absolute Gasteiger partial charge is 0.327 e. The summed E-state index contributed by atoms with van der Waals surface area (Å²) in [5.41, 5.74) is 6.18. The van der Waals surface area contributed by atoms with E-state index in [-0.39, 0.29) is 11.9 Å². The molecular formula is C11H14FNO2. The van der Waals surface area contributed by atoms with E-state index in [1.54, 1.807) is 13.8 Å². The summed E-state index contributed by atoms with van der Waals surface area (Å²) in [7, 11) is 0. The maximum Gasteiger partial charge on any atom is 0.327 e. The fraction of sp³-hybridized carbons (Fsp3) is 0.364. The number of halogens is 1. The molecule has 1 unspecified atom stereocenters. The molecule has 1 rings (SSSR count). The van der Waals surface area contributed by atoms with Crippen LogP contribution in [-0.2, 0) is 9.53 Å². The van der Waals surface area contributed by atoms with Crippen LogP contribution in [0.15, 0.2) is 24.3 Å². The van der Waals surface area contributed by atoms with E-state index in [1.807, 2.05) is 0 Å². The summed E-state index contributed by atoms with van der Waals surface area (Å²) >= 11 is 0. The van der Waals surface area contributed by atoms with Gasteiger partial charge in [0.15, 0.2) is 0 Å². The van der Waals surface area contributed by atoms with Gasteiger partial charge < -0.3 is 10.5 Å². The maximum atomic E-state index is 12.6. The Labute approximate surface area is 88.0 Å². The van der Waals surface area contributed by atoms with E-state index < -0.39 is 12.0 Å². The van der Waals surface area contributed by atoms with Crippen molar-refractivity contribution in [3.05, 3.63) is 35.6 Å². The lowest BCUT2D eigenvalue weighted by molar-refractivity contribution is -0.149. The van der Waals surface area contributed by atoms with Crippen molar-refractivity contribution in [2.75, 3.05) is 0 Å². The van der Waals surface area contributed by atoms with E-state index in [4.69, 9.17) is 10.5 Å². The molecular weight excluding hydrogens is 197 g/mol. The second kappa shape index (κ2) is 4.89. The quantitative estimate of drug-likeness (QED) is 0.775. The fourth-order valence-electron chi connectivity index (χ4n) is 1.11. The van der Waals surface area contributed by atoms with E-state index in [9.17, 15) is 9.18 Å². The Bertz CT molecular complexity index is 335. The zero-order valence-electron chi connectivity index (χ0n) is 8.74. The molecule has 0 saturated heterocycles. The van der Waals surface area contributed by atoms with E-state index in [2.05, 4.69) is 0 Å². The predicted octanol–water partition coefficient (Wildman–Crippen LogP) is 1.78. The number of nitrogens with two attached hydrogens (primary N) is 1. The molecule has 1 aromatic carbocycles. The Kier molecular flexibility index (Phi) is 3.80. The molecule has 1 atom stereocenters.